The second kappa shape index (κ2) is 7.85. The number of carbonyl (C=O) groups is 1. The Balaban J connectivity index is 2.30. The first-order valence-corrected chi connectivity index (χ1v) is 7.61. The van der Waals surface area contributed by atoms with Crippen molar-refractivity contribution in [2.45, 2.75) is 64.5 Å². The number of nitrogens with zero attached hydrogens (tertiary/aromatic N) is 1. The van der Waals surface area contributed by atoms with Gasteiger partial charge in [-0.05, 0) is 65.6 Å². The van der Waals surface area contributed by atoms with Crippen LogP contribution in [0.2, 0.25) is 0 Å². The van der Waals surface area contributed by atoms with Gasteiger partial charge in [-0.3, -0.25) is 4.79 Å². The maximum Gasteiger partial charge on any atom is 0.325 e. The third-order valence-electron chi connectivity index (χ3n) is 4.27. The molecule has 19 heavy (non-hydrogen) atoms. The van der Waals surface area contributed by atoms with Crippen molar-refractivity contribution in [2.75, 3.05) is 26.7 Å². The van der Waals surface area contributed by atoms with Gasteiger partial charge in [-0.1, -0.05) is 6.92 Å². The first-order chi connectivity index (χ1) is 9.03. The Bertz CT molecular complexity index is 283. The number of hydrogen-bond acceptors (Lipinski definition) is 4. The van der Waals surface area contributed by atoms with Gasteiger partial charge >= 0.3 is 5.97 Å². The van der Waals surface area contributed by atoms with Gasteiger partial charge in [0, 0.05) is 6.04 Å². The Kier molecular flexibility index (Phi) is 6.80. The monoisotopic (exact) mass is 270 g/mol. The Morgan fingerprint density at radius 3 is 2.74 bits per heavy atom. The predicted octanol–water partition coefficient (Wildman–Crippen LogP) is 2.18. The smallest absolute Gasteiger partial charge is 0.325 e. The molecule has 0 aliphatic carbocycles. The Hall–Kier alpha value is -0.610. The van der Waals surface area contributed by atoms with E-state index in [4.69, 9.17) is 4.74 Å². The highest BCUT2D eigenvalue weighted by atomic mass is 16.5. The second-order valence-electron chi connectivity index (χ2n) is 5.84. The number of ether oxygens (including phenoxy) is 1. The second-order valence-corrected chi connectivity index (χ2v) is 5.84. The zero-order chi connectivity index (χ0) is 14.3. The highest BCUT2D eigenvalue weighted by molar-refractivity contribution is 5.80. The van der Waals surface area contributed by atoms with Crippen molar-refractivity contribution in [1.82, 2.24) is 10.2 Å². The minimum atomic E-state index is -0.528. The first kappa shape index (κ1) is 16.4. The summed E-state index contributed by atoms with van der Waals surface area (Å²) < 4.78 is 4.90. The average Bonchev–Trinajstić information content (AvgIpc) is 2.79. The van der Waals surface area contributed by atoms with Gasteiger partial charge in [-0.25, -0.2) is 0 Å². The van der Waals surface area contributed by atoms with Crippen LogP contribution >= 0.6 is 0 Å². The topological polar surface area (TPSA) is 41.6 Å². The van der Waals surface area contributed by atoms with Crippen molar-refractivity contribution in [3.63, 3.8) is 0 Å². The molecular formula is C15H30N2O2. The number of esters is 1. The van der Waals surface area contributed by atoms with Crippen LogP contribution in [0, 0.1) is 0 Å². The molecule has 2 atom stereocenters. The lowest BCUT2D eigenvalue weighted by Gasteiger charge is -2.28. The Morgan fingerprint density at radius 2 is 2.21 bits per heavy atom. The number of nitrogens with one attached hydrogen (secondary N) is 1. The van der Waals surface area contributed by atoms with E-state index in [0.29, 0.717) is 0 Å². The molecule has 0 aromatic rings. The van der Waals surface area contributed by atoms with Gasteiger partial charge < -0.3 is 15.0 Å². The van der Waals surface area contributed by atoms with E-state index in [1.54, 1.807) is 0 Å². The molecule has 2 unspecified atom stereocenters. The van der Waals surface area contributed by atoms with E-state index in [0.717, 1.165) is 38.4 Å². The average molecular weight is 270 g/mol. The fourth-order valence-electron chi connectivity index (χ4n) is 3.00. The zero-order valence-corrected chi connectivity index (χ0v) is 13.0. The number of likely N-dealkylation sites (N-methyl/N-ethyl adjacent to an activating group) is 1. The van der Waals surface area contributed by atoms with Crippen molar-refractivity contribution < 1.29 is 9.53 Å². The van der Waals surface area contributed by atoms with E-state index < -0.39 is 5.54 Å². The Morgan fingerprint density at radius 1 is 1.47 bits per heavy atom. The van der Waals surface area contributed by atoms with Crippen molar-refractivity contribution in [2.24, 2.45) is 0 Å². The number of carbonyl (C=O) groups excluding carboxylic acids is 1. The van der Waals surface area contributed by atoms with Gasteiger partial charge in [-0.2, -0.15) is 0 Å². The van der Waals surface area contributed by atoms with Gasteiger partial charge in [0.25, 0.3) is 0 Å². The van der Waals surface area contributed by atoms with Gasteiger partial charge in [-0.15, -0.1) is 0 Å². The van der Waals surface area contributed by atoms with E-state index in [2.05, 4.69) is 17.1 Å². The van der Waals surface area contributed by atoms with Crippen LogP contribution in [0.3, 0.4) is 0 Å². The molecule has 0 saturated carbocycles. The lowest BCUT2D eigenvalue weighted by Crippen LogP contribution is -2.50. The van der Waals surface area contributed by atoms with Crippen LogP contribution in [0.5, 0.6) is 0 Å². The largest absolute Gasteiger partial charge is 0.468 e. The quantitative estimate of drug-likeness (QED) is 0.542. The molecule has 4 nitrogen and oxygen atoms in total. The van der Waals surface area contributed by atoms with E-state index >= 15 is 0 Å². The summed E-state index contributed by atoms with van der Waals surface area (Å²) >= 11 is 0. The number of methoxy groups -OCH3 is 1. The standard InChI is InChI=1S/C15H30N2O2/c1-5-16-15(3,14(18)19-4)10-6-7-11-17-12-8-9-13(17)2/h13,16H,5-12H2,1-4H3. The Labute approximate surface area is 117 Å². The predicted molar refractivity (Wildman–Crippen MR) is 78.2 cm³/mol. The zero-order valence-electron chi connectivity index (χ0n) is 13.0. The van der Waals surface area contributed by atoms with Crippen LogP contribution < -0.4 is 5.32 Å². The molecule has 4 heteroatoms. The summed E-state index contributed by atoms with van der Waals surface area (Å²) in [4.78, 5) is 14.4. The van der Waals surface area contributed by atoms with E-state index in [-0.39, 0.29) is 5.97 Å². The van der Waals surface area contributed by atoms with Gasteiger partial charge in [0.05, 0.1) is 7.11 Å². The molecular weight excluding hydrogens is 240 g/mol. The van der Waals surface area contributed by atoms with Crippen LogP contribution in [0.4, 0.5) is 0 Å². The molecule has 0 amide bonds. The molecule has 112 valence electrons. The van der Waals surface area contributed by atoms with Crippen LogP contribution in [-0.2, 0) is 9.53 Å². The van der Waals surface area contributed by atoms with E-state index in [9.17, 15) is 4.79 Å². The molecule has 0 radical (unpaired) electrons. The molecule has 1 saturated heterocycles. The van der Waals surface area contributed by atoms with Crippen molar-refractivity contribution in [1.29, 1.82) is 0 Å². The summed E-state index contributed by atoms with van der Waals surface area (Å²) in [5.41, 5.74) is -0.528. The van der Waals surface area contributed by atoms with Gasteiger partial charge in [0.1, 0.15) is 5.54 Å². The molecule has 1 rings (SSSR count). The fourth-order valence-corrected chi connectivity index (χ4v) is 3.00. The van der Waals surface area contributed by atoms with Crippen LogP contribution in [0.1, 0.15) is 52.9 Å². The molecule has 1 fully saturated rings. The summed E-state index contributed by atoms with van der Waals surface area (Å²) in [7, 11) is 1.46. The minimum absolute atomic E-state index is 0.149. The molecule has 1 aliphatic heterocycles. The molecule has 0 aromatic heterocycles. The molecule has 0 bridgehead atoms. The van der Waals surface area contributed by atoms with Gasteiger partial charge in [0.2, 0.25) is 0 Å². The van der Waals surface area contributed by atoms with E-state index in [1.165, 1.54) is 26.5 Å². The van der Waals surface area contributed by atoms with Crippen LogP contribution in [0.15, 0.2) is 0 Å². The third kappa shape index (κ3) is 4.77. The lowest BCUT2D eigenvalue weighted by atomic mass is 9.94. The van der Waals surface area contributed by atoms with Crippen molar-refractivity contribution in [3.05, 3.63) is 0 Å². The lowest BCUT2D eigenvalue weighted by molar-refractivity contribution is -0.148. The summed E-state index contributed by atoms with van der Waals surface area (Å²) in [6, 6.07) is 0.737. The third-order valence-corrected chi connectivity index (χ3v) is 4.27. The maximum absolute atomic E-state index is 11.8. The molecule has 0 spiro atoms. The van der Waals surface area contributed by atoms with Crippen molar-refractivity contribution >= 4 is 5.97 Å². The van der Waals surface area contributed by atoms with Crippen molar-refractivity contribution in [3.8, 4) is 0 Å². The first-order valence-electron chi connectivity index (χ1n) is 7.61. The molecule has 0 aromatic carbocycles. The summed E-state index contributed by atoms with van der Waals surface area (Å²) in [6.07, 6.45) is 5.72. The SMILES string of the molecule is CCNC(C)(CCCCN1CCCC1C)C(=O)OC. The maximum atomic E-state index is 11.8. The van der Waals surface area contributed by atoms with Crippen LogP contribution in [0.25, 0.3) is 0 Å². The highest BCUT2D eigenvalue weighted by Crippen LogP contribution is 2.19. The number of unbranched alkanes of at least 4 members (excludes halogenated alkanes) is 1. The number of hydrogen-bond donors (Lipinski definition) is 1. The summed E-state index contributed by atoms with van der Waals surface area (Å²) in [6.45, 7) is 9.46. The fraction of sp³-hybridized carbons (Fsp3) is 0.933. The molecule has 1 aliphatic rings. The normalized spacial score (nSPS) is 23.3. The van der Waals surface area contributed by atoms with Gasteiger partial charge in [0.15, 0.2) is 0 Å². The summed E-state index contributed by atoms with van der Waals surface area (Å²) in [5, 5.41) is 3.26. The number of likely N-dealkylation sites (tertiary alicyclic amines) is 1. The summed E-state index contributed by atoms with van der Waals surface area (Å²) in [5.74, 6) is -0.149. The highest BCUT2D eigenvalue weighted by Gasteiger charge is 2.32. The van der Waals surface area contributed by atoms with E-state index in [1.807, 2.05) is 13.8 Å². The number of rotatable bonds is 8. The molecule has 1 heterocycles. The minimum Gasteiger partial charge on any atom is -0.468 e. The molecule has 1 N–H and O–H groups in total. The van der Waals surface area contributed by atoms with Crippen LogP contribution in [-0.4, -0.2) is 49.2 Å².